The van der Waals surface area contributed by atoms with Gasteiger partial charge in [-0.3, -0.25) is 4.79 Å². The van der Waals surface area contributed by atoms with Crippen LogP contribution in [0.5, 0.6) is 11.5 Å². The lowest BCUT2D eigenvalue weighted by molar-refractivity contribution is -0.142. The number of benzene rings is 2. The van der Waals surface area contributed by atoms with E-state index in [-0.39, 0.29) is 13.0 Å². The molecule has 2 aromatic carbocycles. The van der Waals surface area contributed by atoms with Gasteiger partial charge in [0.05, 0.1) is 17.7 Å². The van der Waals surface area contributed by atoms with E-state index in [1.54, 1.807) is 48.5 Å². The highest BCUT2D eigenvalue weighted by molar-refractivity contribution is 6.32. The van der Waals surface area contributed by atoms with E-state index in [1.165, 1.54) is 7.11 Å². The predicted molar refractivity (Wildman–Crippen MR) is 105 cm³/mol. The molecule has 28 heavy (non-hydrogen) atoms. The summed E-state index contributed by atoms with van der Waals surface area (Å²) in [5.74, 6) is -0.0138. The zero-order chi connectivity index (χ0) is 19.9. The van der Waals surface area contributed by atoms with Crippen LogP contribution in [0.15, 0.2) is 54.6 Å². The lowest BCUT2D eigenvalue weighted by atomic mass is 10.0. The summed E-state index contributed by atoms with van der Waals surface area (Å²) in [4.78, 5) is 25.0. The number of nitrogens with one attached hydrogen (secondary N) is 1. The summed E-state index contributed by atoms with van der Waals surface area (Å²) < 4.78 is 16.2. The van der Waals surface area contributed by atoms with Crippen molar-refractivity contribution in [2.45, 2.75) is 12.5 Å². The van der Waals surface area contributed by atoms with Crippen molar-refractivity contribution in [3.63, 3.8) is 0 Å². The average Bonchev–Trinajstić information content (AvgIpc) is 2.70. The summed E-state index contributed by atoms with van der Waals surface area (Å²) in [5, 5.41) is 3.15. The number of amides is 1. The highest BCUT2D eigenvalue weighted by Crippen LogP contribution is 2.26. The van der Waals surface area contributed by atoms with Crippen LogP contribution < -0.4 is 14.8 Å². The van der Waals surface area contributed by atoms with Crippen molar-refractivity contribution in [1.29, 1.82) is 0 Å². The summed E-state index contributed by atoms with van der Waals surface area (Å²) in [6.45, 7) is 0.593. The number of carbonyl (C=O) groups excluding carboxylic acids is 2. The standard InChI is InChI=1S/C21H20ClNO5/c1-26-21(25)17-13-14-8-9-19(16(22)12-14)28-11-5-4-10-27-18-7-3-2-6-15(18)20(24)23-17/h2-9,12,17H,10-11,13H2,1H3,(H,23,24)/b5-4+/t17-/m0/s1. The number of methoxy groups -OCH3 is 1. The van der Waals surface area contributed by atoms with Crippen molar-refractivity contribution >= 4 is 23.5 Å². The number of hydrogen-bond donors (Lipinski definition) is 1. The van der Waals surface area contributed by atoms with E-state index in [2.05, 4.69) is 5.32 Å². The van der Waals surface area contributed by atoms with Gasteiger partial charge in [0.25, 0.3) is 5.91 Å². The molecule has 1 N–H and O–H groups in total. The Morgan fingerprint density at radius 3 is 2.54 bits per heavy atom. The van der Waals surface area contributed by atoms with Gasteiger partial charge in [-0.2, -0.15) is 0 Å². The first-order chi connectivity index (χ1) is 13.6. The summed E-state index contributed by atoms with van der Waals surface area (Å²) in [7, 11) is 1.28. The monoisotopic (exact) mass is 401 g/mol. The minimum absolute atomic E-state index is 0.224. The topological polar surface area (TPSA) is 73.9 Å². The lowest BCUT2D eigenvalue weighted by Gasteiger charge is -2.18. The minimum Gasteiger partial charge on any atom is -0.489 e. The maximum atomic E-state index is 12.8. The molecule has 0 spiro atoms. The molecular weight excluding hydrogens is 382 g/mol. The molecule has 2 heterocycles. The van der Waals surface area contributed by atoms with Crippen molar-refractivity contribution in [2.24, 2.45) is 0 Å². The van der Waals surface area contributed by atoms with Crippen LogP contribution >= 0.6 is 11.6 Å². The second kappa shape index (κ2) is 9.28. The van der Waals surface area contributed by atoms with Gasteiger partial charge < -0.3 is 19.5 Å². The Labute approximate surface area is 168 Å². The van der Waals surface area contributed by atoms with Crippen LogP contribution in [0.3, 0.4) is 0 Å². The molecule has 0 saturated carbocycles. The normalized spacial score (nSPS) is 18.2. The van der Waals surface area contributed by atoms with E-state index in [0.29, 0.717) is 28.7 Å². The smallest absolute Gasteiger partial charge is 0.328 e. The molecule has 2 bridgehead atoms. The fourth-order valence-corrected chi connectivity index (χ4v) is 3.05. The van der Waals surface area contributed by atoms with E-state index >= 15 is 0 Å². The molecule has 146 valence electrons. The van der Waals surface area contributed by atoms with Crippen LogP contribution in [0, 0.1) is 0 Å². The molecule has 0 aromatic heterocycles. The number of para-hydroxylation sites is 1. The van der Waals surface area contributed by atoms with Crippen molar-refractivity contribution in [3.05, 3.63) is 70.8 Å². The van der Waals surface area contributed by atoms with Crippen LogP contribution in [0.2, 0.25) is 5.02 Å². The molecule has 1 amide bonds. The molecule has 0 aliphatic carbocycles. The van der Waals surface area contributed by atoms with Gasteiger partial charge in [0, 0.05) is 6.42 Å². The zero-order valence-electron chi connectivity index (χ0n) is 15.3. The summed E-state index contributed by atoms with van der Waals surface area (Å²) in [6.07, 6.45) is 3.83. The summed E-state index contributed by atoms with van der Waals surface area (Å²) >= 11 is 6.27. The molecule has 0 unspecified atom stereocenters. The van der Waals surface area contributed by atoms with Crippen molar-refractivity contribution in [3.8, 4) is 11.5 Å². The van der Waals surface area contributed by atoms with Gasteiger partial charge in [0.2, 0.25) is 0 Å². The third kappa shape index (κ3) is 4.84. The third-order valence-electron chi connectivity index (χ3n) is 4.20. The molecule has 6 nitrogen and oxygen atoms in total. The van der Waals surface area contributed by atoms with E-state index < -0.39 is 17.9 Å². The Kier molecular flexibility index (Phi) is 6.55. The number of carbonyl (C=O) groups is 2. The fourth-order valence-electron chi connectivity index (χ4n) is 2.79. The molecule has 2 aliphatic rings. The number of rotatable bonds is 1. The van der Waals surface area contributed by atoms with Crippen LogP contribution in [0.1, 0.15) is 15.9 Å². The fraction of sp³-hybridized carbons (Fsp3) is 0.238. The van der Waals surface area contributed by atoms with E-state index in [1.807, 2.05) is 6.08 Å². The van der Waals surface area contributed by atoms with Crippen LogP contribution in [-0.2, 0) is 16.0 Å². The Balaban J connectivity index is 1.95. The molecule has 0 fully saturated rings. The lowest BCUT2D eigenvalue weighted by Crippen LogP contribution is -2.43. The van der Waals surface area contributed by atoms with Gasteiger partial charge in [-0.15, -0.1) is 0 Å². The minimum atomic E-state index is -0.874. The molecular formula is C21H20ClNO5. The number of esters is 1. The Bertz CT molecular complexity index is 896. The molecule has 2 aromatic rings. The predicted octanol–water partition coefficient (Wildman–Crippen LogP) is 3.18. The van der Waals surface area contributed by atoms with Gasteiger partial charge in [0.1, 0.15) is 30.8 Å². The molecule has 2 aliphatic heterocycles. The van der Waals surface area contributed by atoms with Crippen molar-refractivity contribution in [1.82, 2.24) is 5.32 Å². The summed E-state index contributed by atoms with van der Waals surface area (Å²) in [5.41, 5.74) is 1.10. The van der Waals surface area contributed by atoms with Crippen molar-refractivity contribution < 1.29 is 23.8 Å². The Morgan fingerprint density at radius 2 is 1.82 bits per heavy atom. The molecule has 0 radical (unpaired) electrons. The Hall–Kier alpha value is -2.99. The molecule has 7 heteroatoms. The number of halogens is 1. The van der Waals surface area contributed by atoms with E-state index in [9.17, 15) is 9.59 Å². The number of hydrogen-bond acceptors (Lipinski definition) is 5. The van der Waals surface area contributed by atoms with E-state index in [0.717, 1.165) is 5.56 Å². The molecule has 0 saturated heterocycles. The second-order valence-corrected chi connectivity index (χ2v) is 6.51. The van der Waals surface area contributed by atoms with Gasteiger partial charge in [-0.25, -0.2) is 4.79 Å². The highest BCUT2D eigenvalue weighted by Gasteiger charge is 2.24. The van der Waals surface area contributed by atoms with Gasteiger partial charge >= 0.3 is 5.97 Å². The van der Waals surface area contributed by atoms with E-state index in [4.69, 9.17) is 25.8 Å². The number of fused-ring (bicyclic) bond motifs is 9. The molecule has 4 rings (SSSR count). The second-order valence-electron chi connectivity index (χ2n) is 6.11. The van der Waals surface area contributed by atoms with Crippen LogP contribution in [0.25, 0.3) is 0 Å². The first-order valence-electron chi connectivity index (χ1n) is 8.75. The first kappa shape index (κ1) is 19.8. The highest BCUT2D eigenvalue weighted by atomic mass is 35.5. The Morgan fingerprint density at radius 1 is 1.11 bits per heavy atom. The largest absolute Gasteiger partial charge is 0.489 e. The third-order valence-corrected chi connectivity index (χ3v) is 4.49. The maximum absolute atomic E-state index is 12.8. The first-order valence-corrected chi connectivity index (χ1v) is 9.13. The SMILES string of the molecule is COC(=O)[C@@H]1Cc2ccc(c(Cl)c2)OC/C=C/COc2ccccc2C(=O)N1. The average molecular weight is 402 g/mol. The van der Waals surface area contributed by atoms with Crippen LogP contribution in [-0.4, -0.2) is 38.2 Å². The molecule has 1 atom stereocenters. The van der Waals surface area contributed by atoms with Gasteiger partial charge in [0.15, 0.2) is 0 Å². The summed E-state index contributed by atoms with van der Waals surface area (Å²) in [6, 6.07) is 11.2. The van der Waals surface area contributed by atoms with Crippen LogP contribution in [0.4, 0.5) is 0 Å². The quantitative estimate of drug-likeness (QED) is 0.587. The maximum Gasteiger partial charge on any atom is 0.328 e. The number of ether oxygens (including phenoxy) is 3. The van der Waals surface area contributed by atoms with Gasteiger partial charge in [-0.1, -0.05) is 29.8 Å². The van der Waals surface area contributed by atoms with Gasteiger partial charge in [-0.05, 0) is 42.0 Å². The zero-order valence-corrected chi connectivity index (χ0v) is 16.1. The van der Waals surface area contributed by atoms with Crippen molar-refractivity contribution in [2.75, 3.05) is 20.3 Å².